The molecular weight excluding hydrogens is 352 g/mol. The zero-order valence-electron chi connectivity index (χ0n) is 14.4. The number of nitrogens with zero attached hydrogens (tertiary/aromatic N) is 2. The third-order valence-electron chi connectivity index (χ3n) is 4.16. The largest absolute Gasteiger partial charge is 0.496 e. The van der Waals surface area contributed by atoms with Crippen LogP contribution in [0.3, 0.4) is 0 Å². The molecule has 0 radical (unpaired) electrons. The molecule has 3 aromatic rings. The summed E-state index contributed by atoms with van der Waals surface area (Å²) in [5.41, 5.74) is 3.88. The van der Waals surface area contributed by atoms with Gasteiger partial charge in [-0.3, -0.25) is 0 Å². The normalized spacial score (nSPS) is 10.4. The average Bonchev–Trinajstić information content (AvgIpc) is 2.67. The number of hydrogen-bond acceptors (Lipinski definition) is 3. The van der Waals surface area contributed by atoms with Crippen LogP contribution >= 0.6 is 11.6 Å². The van der Waals surface area contributed by atoms with Crippen molar-refractivity contribution in [3.05, 3.63) is 76.7 Å². The summed E-state index contributed by atoms with van der Waals surface area (Å²) in [6.45, 7) is 0. The Morgan fingerprint density at radius 2 is 1.69 bits per heavy atom. The van der Waals surface area contributed by atoms with Crippen LogP contribution < -0.4 is 9.64 Å². The standard InChI is InChI=1S/C20H18ClN2O3/c1-22(16-6-8-17(9-7-16)23(24)25)18-10-11-20(26-2)19(13-18)14-4-3-5-15(21)12-14/h3-13H,1-2H3,(H,24,25)/q+1. The summed E-state index contributed by atoms with van der Waals surface area (Å²) in [6.07, 6.45) is 0. The SMILES string of the molecule is COc1ccc(N(C)c2ccc([N+](=O)O)cc2)cc1-c1cccc(Cl)c1. The number of methoxy groups -OCH3 is 1. The van der Waals surface area contributed by atoms with E-state index in [4.69, 9.17) is 21.5 Å². The third-order valence-corrected chi connectivity index (χ3v) is 4.40. The Kier molecular flexibility index (Phi) is 5.09. The number of halogens is 1. The highest BCUT2D eigenvalue weighted by Crippen LogP contribution is 2.36. The quantitative estimate of drug-likeness (QED) is 0.596. The molecule has 0 fully saturated rings. The fraction of sp³-hybridized carbons (Fsp3) is 0.100. The predicted molar refractivity (Wildman–Crippen MR) is 103 cm³/mol. The van der Waals surface area contributed by atoms with Crippen LogP contribution in [0.5, 0.6) is 5.75 Å². The van der Waals surface area contributed by atoms with Gasteiger partial charge in [-0.15, -0.1) is 0 Å². The Balaban J connectivity index is 2.00. The van der Waals surface area contributed by atoms with Crippen molar-refractivity contribution in [3.63, 3.8) is 0 Å². The summed E-state index contributed by atoms with van der Waals surface area (Å²) >= 11 is 6.13. The molecule has 5 nitrogen and oxygen atoms in total. The van der Waals surface area contributed by atoms with E-state index in [0.717, 1.165) is 28.3 Å². The maximum Gasteiger partial charge on any atom is 0.316 e. The summed E-state index contributed by atoms with van der Waals surface area (Å²) in [7, 11) is 3.56. The molecule has 0 heterocycles. The molecule has 3 aromatic carbocycles. The molecule has 0 atom stereocenters. The van der Waals surface area contributed by atoms with Gasteiger partial charge in [0.25, 0.3) is 4.92 Å². The van der Waals surface area contributed by atoms with Gasteiger partial charge in [0.05, 0.1) is 12.0 Å². The number of hydrogen-bond donors (Lipinski definition) is 1. The zero-order chi connectivity index (χ0) is 18.7. The molecule has 0 amide bonds. The molecule has 0 aliphatic rings. The molecular formula is C20H18ClN2O3+. The summed E-state index contributed by atoms with van der Waals surface area (Å²) in [5, 5.41) is 9.61. The highest BCUT2D eigenvalue weighted by molar-refractivity contribution is 6.30. The highest BCUT2D eigenvalue weighted by Gasteiger charge is 2.14. The van der Waals surface area contributed by atoms with E-state index >= 15 is 0 Å². The van der Waals surface area contributed by atoms with Crippen molar-refractivity contribution in [1.82, 2.24) is 0 Å². The number of rotatable bonds is 5. The fourth-order valence-electron chi connectivity index (χ4n) is 2.74. The molecule has 26 heavy (non-hydrogen) atoms. The van der Waals surface area contributed by atoms with Crippen LogP contribution in [0.2, 0.25) is 5.02 Å². The molecule has 3 rings (SSSR count). The summed E-state index contributed by atoms with van der Waals surface area (Å²) in [4.78, 5) is 12.7. The topological polar surface area (TPSA) is 52.8 Å². The van der Waals surface area contributed by atoms with E-state index in [1.807, 2.05) is 54.4 Å². The molecule has 0 saturated heterocycles. The summed E-state index contributed by atoms with van der Waals surface area (Å²) in [6, 6.07) is 20.1. The van der Waals surface area contributed by atoms with Crippen molar-refractivity contribution in [2.75, 3.05) is 19.1 Å². The molecule has 0 aliphatic carbocycles. The number of anilines is 2. The first-order valence-corrected chi connectivity index (χ1v) is 8.31. The Labute approximate surface area is 156 Å². The lowest BCUT2D eigenvalue weighted by Crippen LogP contribution is -2.09. The van der Waals surface area contributed by atoms with Gasteiger partial charge >= 0.3 is 5.69 Å². The molecule has 0 aromatic heterocycles. The number of ether oxygens (including phenoxy) is 1. The second-order valence-electron chi connectivity index (χ2n) is 5.74. The van der Waals surface area contributed by atoms with Crippen molar-refractivity contribution in [1.29, 1.82) is 0 Å². The van der Waals surface area contributed by atoms with Crippen molar-refractivity contribution < 1.29 is 14.9 Å². The molecule has 0 saturated carbocycles. The monoisotopic (exact) mass is 369 g/mol. The van der Waals surface area contributed by atoms with Crippen molar-refractivity contribution in [3.8, 4) is 16.9 Å². The molecule has 0 unspecified atom stereocenters. The molecule has 0 spiro atoms. The zero-order valence-corrected chi connectivity index (χ0v) is 15.1. The third kappa shape index (κ3) is 3.63. The second-order valence-corrected chi connectivity index (χ2v) is 6.18. The first kappa shape index (κ1) is 17.8. The van der Waals surface area contributed by atoms with Crippen LogP contribution in [0.1, 0.15) is 0 Å². The van der Waals surface area contributed by atoms with Gasteiger partial charge in [-0.1, -0.05) is 23.7 Å². The first-order valence-electron chi connectivity index (χ1n) is 7.93. The molecule has 0 aliphatic heterocycles. The Morgan fingerprint density at radius 3 is 2.31 bits per heavy atom. The fourth-order valence-corrected chi connectivity index (χ4v) is 2.93. The Hall–Kier alpha value is -3.05. The van der Waals surface area contributed by atoms with Crippen molar-refractivity contribution in [2.24, 2.45) is 0 Å². The lowest BCUT2D eigenvalue weighted by atomic mass is 10.0. The van der Waals surface area contributed by atoms with E-state index in [9.17, 15) is 4.91 Å². The van der Waals surface area contributed by atoms with Gasteiger partial charge in [0.15, 0.2) is 0 Å². The highest BCUT2D eigenvalue weighted by atomic mass is 35.5. The lowest BCUT2D eigenvalue weighted by Gasteiger charge is -2.21. The van der Waals surface area contributed by atoms with Gasteiger partial charge in [0.1, 0.15) is 5.75 Å². The van der Waals surface area contributed by atoms with Crippen LogP contribution in [-0.2, 0) is 0 Å². The van der Waals surface area contributed by atoms with Crippen LogP contribution in [-0.4, -0.2) is 24.3 Å². The Morgan fingerprint density at radius 1 is 1.00 bits per heavy atom. The second kappa shape index (κ2) is 7.45. The first-order chi connectivity index (χ1) is 12.5. The molecule has 6 heteroatoms. The smallest absolute Gasteiger partial charge is 0.316 e. The molecule has 132 valence electrons. The summed E-state index contributed by atoms with van der Waals surface area (Å²) in [5.74, 6) is 0.752. The maximum atomic E-state index is 10.9. The number of benzene rings is 3. The lowest BCUT2D eigenvalue weighted by molar-refractivity contribution is -0.729. The molecule has 0 bridgehead atoms. The van der Waals surface area contributed by atoms with Gasteiger partial charge < -0.3 is 9.64 Å². The van der Waals surface area contributed by atoms with Crippen LogP contribution in [0.15, 0.2) is 66.7 Å². The van der Waals surface area contributed by atoms with Crippen LogP contribution in [0.4, 0.5) is 17.1 Å². The minimum absolute atomic E-state index is 0.158. The minimum atomic E-state index is -0.158. The van der Waals surface area contributed by atoms with E-state index in [1.54, 1.807) is 31.4 Å². The van der Waals surface area contributed by atoms with E-state index in [2.05, 4.69) is 0 Å². The van der Waals surface area contributed by atoms with Gasteiger partial charge in [0, 0.05) is 41.1 Å². The van der Waals surface area contributed by atoms with Gasteiger partial charge in [-0.2, -0.15) is 0 Å². The van der Waals surface area contributed by atoms with E-state index in [0.29, 0.717) is 5.02 Å². The minimum Gasteiger partial charge on any atom is -0.496 e. The summed E-state index contributed by atoms with van der Waals surface area (Å²) < 4.78 is 5.49. The van der Waals surface area contributed by atoms with Crippen molar-refractivity contribution >= 4 is 28.7 Å². The predicted octanol–water partition coefficient (Wildman–Crippen LogP) is 5.58. The van der Waals surface area contributed by atoms with E-state index < -0.39 is 0 Å². The van der Waals surface area contributed by atoms with Crippen molar-refractivity contribution in [2.45, 2.75) is 0 Å². The van der Waals surface area contributed by atoms with E-state index in [1.165, 1.54) is 0 Å². The van der Waals surface area contributed by atoms with E-state index in [-0.39, 0.29) is 10.6 Å². The van der Waals surface area contributed by atoms with Gasteiger partial charge in [-0.05, 0) is 48.0 Å². The molecule has 1 N–H and O–H groups in total. The van der Waals surface area contributed by atoms with Gasteiger partial charge in [0.2, 0.25) is 0 Å². The Bertz CT molecular complexity index is 942. The van der Waals surface area contributed by atoms with Crippen LogP contribution in [0.25, 0.3) is 11.1 Å². The average molecular weight is 370 g/mol. The van der Waals surface area contributed by atoms with Crippen LogP contribution in [0, 0.1) is 4.91 Å². The maximum absolute atomic E-state index is 10.9. The van der Waals surface area contributed by atoms with Gasteiger partial charge in [-0.25, -0.2) is 5.21 Å².